The van der Waals surface area contributed by atoms with E-state index in [0.29, 0.717) is 17.8 Å². The van der Waals surface area contributed by atoms with Crippen LogP contribution in [0.5, 0.6) is 0 Å². The van der Waals surface area contributed by atoms with E-state index < -0.39 is 0 Å². The summed E-state index contributed by atoms with van der Waals surface area (Å²) in [6.45, 7) is 5.47. The predicted octanol–water partition coefficient (Wildman–Crippen LogP) is 2.31. The highest BCUT2D eigenvalue weighted by atomic mass is 19.1. The first-order valence-electron chi connectivity index (χ1n) is 9.72. The molecule has 2 atom stereocenters. The van der Waals surface area contributed by atoms with Crippen LogP contribution in [0.2, 0.25) is 0 Å². The number of fused-ring (bicyclic) bond motifs is 1. The summed E-state index contributed by atoms with van der Waals surface area (Å²) in [7, 11) is 0. The van der Waals surface area contributed by atoms with Crippen LogP contribution in [0.25, 0.3) is 0 Å². The lowest BCUT2D eigenvalue weighted by atomic mass is 9.83. The third-order valence-electron chi connectivity index (χ3n) is 5.74. The number of halogens is 1. The monoisotopic (exact) mass is 371 g/mol. The van der Waals surface area contributed by atoms with Crippen LogP contribution < -0.4 is 0 Å². The topological polar surface area (TPSA) is 65.1 Å². The normalized spacial score (nSPS) is 23.3. The average Bonchev–Trinajstić information content (AvgIpc) is 3.07. The number of nitrogens with zero attached hydrogens (tertiary/aromatic N) is 4. The predicted molar refractivity (Wildman–Crippen MR) is 99.3 cm³/mol. The molecule has 1 N–H and O–H groups in total. The van der Waals surface area contributed by atoms with Gasteiger partial charge in [0, 0.05) is 32.2 Å². The number of hydrogen-bond donors (Lipinski definition) is 1. The van der Waals surface area contributed by atoms with Crippen molar-refractivity contribution >= 4 is 5.91 Å². The second-order valence-electron chi connectivity index (χ2n) is 7.72. The number of aryl methyl sites for hydroxylation is 1. The molecule has 0 radical (unpaired) electrons. The van der Waals surface area contributed by atoms with Gasteiger partial charge in [-0.15, -0.1) is 0 Å². The molecule has 0 bridgehead atoms. The van der Waals surface area contributed by atoms with Gasteiger partial charge in [-0.3, -0.25) is 14.8 Å². The molecule has 1 aromatic heterocycles. The van der Waals surface area contributed by atoms with E-state index in [2.05, 4.69) is 25.0 Å². The van der Waals surface area contributed by atoms with Crippen LogP contribution in [0, 0.1) is 18.7 Å². The number of benzene rings is 1. The summed E-state index contributed by atoms with van der Waals surface area (Å²) in [4.78, 5) is 21.6. The van der Waals surface area contributed by atoms with Crippen molar-refractivity contribution < 1.29 is 9.18 Å². The van der Waals surface area contributed by atoms with Gasteiger partial charge >= 0.3 is 0 Å². The smallest absolute Gasteiger partial charge is 0.230 e. The summed E-state index contributed by atoms with van der Waals surface area (Å²) in [6, 6.07) is 7.08. The van der Waals surface area contributed by atoms with E-state index in [-0.39, 0.29) is 18.1 Å². The molecular weight excluding hydrogens is 345 g/mol. The standard InChI is InChI=1S/C20H26FN5O/c1-14-22-19(24-23-14)11-20(27)26-9-2-3-16-13-25(10-8-18(16)26)12-15-4-6-17(21)7-5-15/h4-7,16,18H,2-3,8-13H2,1H3,(H,22,23,24)/t16-,18-/m1/s1. The van der Waals surface area contributed by atoms with Crippen LogP contribution >= 0.6 is 0 Å². The highest BCUT2D eigenvalue weighted by molar-refractivity contribution is 5.78. The van der Waals surface area contributed by atoms with Gasteiger partial charge in [-0.1, -0.05) is 12.1 Å². The molecule has 0 aliphatic carbocycles. The summed E-state index contributed by atoms with van der Waals surface area (Å²) < 4.78 is 13.1. The first-order chi connectivity index (χ1) is 13.1. The Morgan fingerprint density at radius 3 is 2.81 bits per heavy atom. The number of hydrogen-bond acceptors (Lipinski definition) is 4. The van der Waals surface area contributed by atoms with Crippen molar-refractivity contribution in [2.45, 2.75) is 45.2 Å². The number of likely N-dealkylation sites (tertiary alicyclic amines) is 2. The van der Waals surface area contributed by atoms with Gasteiger partial charge in [-0.2, -0.15) is 5.10 Å². The fraction of sp³-hybridized carbons (Fsp3) is 0.550. The molecule has 0 saturated carbocycles. The fourth-order valence-electron chi connectivity index (χ4n) is 4.48. The van der Waals surface area contributed by atoms with Gasteiger partial charge in [0.15, 0.2) is 5.82 Å². The Hall–Kier alpha value is -2.28. The van der Waals surface area contributed by atoms with E-state index in [1.807, 2.05) is 19.1 Å². The Bertz CT molecular complexity index is 790. The van der Waals surface area contributed by atoms with Gasteiger partial charge < -0.3 is 4.90 Å². The molecule has 2 aliphatic rings. The summed E-state index contributed by atoms with van der Waals surface area (Å²) in [5.74, 6) is 1.76. The number of H-pyrrole nitrogens is 1. The van der Waals surface area contributed by atoms with Crippen molar-refractivity contribution in [3.63, 3.8) is 0 Å². The molecule has 2 saturated heterocycles. The van der Waals surface area contributed by atoms with Crippen molar-refractivity contribution in [2.24, 2.45) is 5.92 Å². The minimum Gasteiger partial charge on any atom is -0.339 e. The SMILES string of the molecule is Cc1nc(CC(=O)N2CCC[C@@H]3CN(Cc4ccc(F)cc4)CC[C@H]32)n[nH]1. The summed E-state index contributed by atoms with van der Waals surface area (Å²) in [6.07, 6.45) is 3.47. The largest absolute Gasteiger partial charge is 0.339 e. The second kappa shape index (κ2) is 7.76. The van der Waals surface area contributed by atoms with Crippen LogP contribution in [0.15, 0.2) is 24.3 Å². The minimum absolute atomic E-state index is 0.135. The molecular formula is C20H26FN5O. The fourth-order valence-corrected chi connectivity index (χ4v) is 4.48. The molecule has 27 heavy (non-hydrogen) atoms. The van der Waals surface area contributed by atoms with Crippen LogP contribution in [-0.4, -0.2) is 56.6 Å². The number of piperidine rings is 2. The zero-order valence-electron chi connectivity index (χ0n) is 15.7. The van der Waals surface area contributed by atoms with E-state index in [1.165, 1.54) is 12.1 Å². The van der Waals surface area contributed by atoms with E-state index in [4.69, 9.17) is 0 Å². The van der Waals surface area contributed by atoms with Crippen LogP contribution in [0.1, 0.15) is 36.5 Å². The van der Waals surface area contributed by atoms with Crippen LogP contribution in [0.4, 0.5) is 4.39 Å². The molecule has 2 fully saturated rings. The van der Waals surface area contributed by atoms with Crippen molar-refractivity contribution in [2.75, 3.05) is 19.6 Å². The number of aromatic nitrogens is 3. The molecule has 0 unspecified atom stereocenters. The molecule has 3 heterocycles. The zero-order chi connectivity index (χ0) is 18.8. The quantitative estimate of drug-likeness (QED) is 0.896. The molecule has 2 aliphatic heterocycles. The van der Waals surface area contributed by atoms with Crippen molar-refractivity contribution in [1.82, 2.24) is 25.0 Å². The lowest BCUT2D eigenvalue weighted by Gasteiger charge is -2.47. The number of aromatic amines is 1. The lowest BCUT2D eigenvalue weighted by Crippen LogP contribution is -2.55. The third-order valence-corrected chi connectivity index (χ3v) is 5.74. The Morgan fingerprint density at radius 1 is 1.26 bits per heavy atom. The van der Waals surface area contributed by atoms with Gasteiger partial charge in [-0.25, -0.2) is 9.37 Å². The van der Waals surface area contributed by atoms with Crippen LogP contribution in [-0.2, 0) is 17.8 Å². The average molecular weight is 371 g/mol. The third kappa shape index (κ3) is 4.18. The number of rotatable bonds is 4. The number of carbonyl (C=O) groups excluding carboxylic acids is 1. The Morgan fingerprint density at radius 2 is 2.07 bits per heavy atom. The molecule has 4 rings (SSSR count). The molecule has 144 valence electrons. The zero-order valence-corrected chi connectivity index (χ0v) is 15.7. The number of carbonyl (C=O) groups is 1. The summed E-state index contributed by atoms with van der Waals surface area (Å²) in [5.41, 5.74) is 1.14. The van der Waals surface area contributed by atoms with Gasteiger partial charge in [0.05, 0.1) is 6.42 Å². The molecule has 0 spiro atoms. The van der Waals surface area contributed by atoms with Crippen LogP contribution in [0.3, 0.4) is 0 Å². The van der Waals surface area contributed by atoms with Crippen molar-refractivity contribution in [3.8, 4) is 0 Å². The van der Waals surface area contributed by atoms with Gasteiger partial charge in [0.25, 0.3) is 0 Å². The van der Waals surface area contributed by atoms with E-state index in [9.17, 15) is 9.18 Å². The highest BCUT2D eigenvalue weighted by Crippen LogP contribution is 2.31. The molecule has 1 aromatic carbocycles. The minimum atomic E-state index is -0.194. The summed E-state index contributed by atoms with van der Waals surface area (Å²) >= 11 is 0. The maximum absolute atomic E-state index is 13.1. The molecule has 6 nitrogen and oxygen atoms in total. The van der Waals surface area contributed by atoms with Gasteiger partial charge in [0.1, 0.15) is 11.6 Å². The molecule has 1 amide bonds. The summed E-state index contributed by atoms with van der Waals surface area (Å²) in [5, 5.41) is 6.90. The first kappa shape index (κ1) is 18.1. The van der Waals surface area contributed by atoms with E-state index in [0.717, 1.165) is 56.8 Å². The highest BCUT2D eigenvalue weighted by Gasteiger charge is 2.38. The second-order valence-corrected chi connectivity index (χ2v) is 7.72. The van der Waals surface area contributed by atoms with Crippen molar-refractivity contribution in [1.29, 1.82) is 0 Å². The van der Waals surface area contributed by atoms with Gasteiger partial charge in [0.2, 0.25) is 5.91 Å². The Labute approximate surface area is 158 Å². The van der Waals surface area contributed by atoms with Gasteiger partial charge in [-0.05, 0) is 49.8 Å². The van der Waals surface area contributed by atoms with Crippen molar-refractivity contribution in [3.05, 3.63) is 47.3 Å². The number of amides is 1. The Kier molecular flexibility index (Phi) is 5.20. The first-order valence-corrected chi connectivity index (χ1v) is 9.72. The van der Waals surface area contributed by atoms with E-state index in [1.54, 1.807) is 0 Å². The molecule has 2 aromatic rings. The molecule has 7 heteroatoms. The number of nitrogens with one attached hydrogen (secondary N) is 1. The Balaban J connectivity index is 1.37. The van der Waals surface area contributed by atoms with E-state index >= 15 is 0 Å². The maximum atomic E-state index is 13.1. The lowest BCUT2D eigenvalue weighted by molar-refractivity contribution is -0.137. The maximum Gasteiger partial charge on any atom is 0.230 e.